The number of carbonyl (C=O) groups is 1. The summed E-state index contributed by atoms with van der Waals surface area (Å²) in [6.45, 7) is 3.54. The second-order valence-corrected chi connectivity index (χ2v) is 6.48. The number of nitrogens with zero attached hydrogens (tertiary/aromatic N) is 2. The standard InChI is InChI=1S/C15H21Cl2N3O2/c1-10(12-4-3-5-13(16)14(12)17)18-15(21)20(22)11-6-8-19(2)9-7-11/h3-5,10-11,22H,6-9H2,1-2H3,(H,18,21)/t10-/m1/s1. The van der Waals surface area contributed by atoms with Crippen molar-refractivity contribution < 1.29 is 10.0 Å². The molecule has 1 heterocycles. The first kappa shape index (κ1) is 17.3. The largest absolute Gasteiger partial charge is 0.341 e. The zero-order chi connectivity index (χ0) is 16.3. The lowest BCUT2D eigenvalue weighted by Crippen LogP contribution is -2.48. The number of likely N-dealkylation sites (tertiary alicyclic amines) is 1. The quantitative estimate of drug-likeness (QED) is 0.650. The molecule has 1 aromatic carbocycles. The van der Waals surface area contributed by atoms with Gasteiger partial charge in [-0.15, -0.1) is 0 Å². The molecule has 0 aliphatic carbocycles. The number of piperidine rings is 1. The Labute approximate surface area is 140 Å². The second kappa shape index (κ2) is 7.51. The fourth-order valence-electron chi connectivity index (χ4n) is 2.59. The van der Waals surface area contributed by atoms with E-state index in [0.29, 0.717) is 10.0 Å². The monoisotopic (exact) mass is 345 g/mol. The molecule has 2 rings (SSSR count). The molecular weight excluding hydrogens is 325 g/mol. The van der Waals surface area contributed by atoms with E-state index in [-0.39, 0.29) is 12.1 Å². The normalized spacial score (nSPS) is 18.0. The van der Waals surface area contributed by atoms with E-state index in [2.05, 4.69) is 10.2 Å². The molecule has 0 radical (unpaired) electrons. The van der Waals surface area contributed by atoms with Crippen LogP contribution in [0.4, 0.5) is 4.79 Å². The van der Waals surface area contributed by atoms with Crippen molar-refractivity contribution >= 4 is 29.2 Å². The van der Waals surface area contributed by atoms with E-state index in [1.54, 1.807) is 25.1 Å². The Balaban J connectivity index is 1.97. The van der Waals surface area contributed by atoms with Crippen LogP contribution in [0.25, 0.3) is 0 Å². The van der Waals surface area contributed by atoms with Gasteiger partial charge in [-0.3, -0.25) is 5.21 Å². The van der Waals surface area contributed by atoms with E-state index in [1.807, 2.05) is 7.05 Å². The van der Waals surface area contributed by atoms with Crippen LogP contribution in [0.3, 0.4) is 0 Å². The maximum atomic E-state index is 12.2. The van der Waals surface area contributed by atoms with E-state index >= 15 is 0 Å². The first-order valence-corrected chi connectivity index (χ1v) is 8.06. The molecule has 22 heavy (non-hydrogen) atoms. The molecule has 0 saturated carbocycles. The second-order valence-electron chi connectivity index (χ2n) is 5.69. The lowest BCUT2D eigenvalue weighted by molar-refractivity contribution is -0.0919. The lowest BCUT2D eigenvalue weighted by Gasteiger charge is -2.33. The molecular formula is C15H21Cl2N3O2. The Morgan fingerprint density at radius 3 is 2.68 bits per heavy atom. The SMILES string of the molecule is C[C@@H](NC(=O)N(O)C1CCN(C)CC1)c1cccc(Cl)c1Cl. The molecule has 1 saturated heterocycles. The molecule has 2 N–H and O–H groups in total. The van der Waals surface area contributed by atoms with Crippen molar-refractivity contribution in [2.24, 2.45) is 0 Å². The number of hydrogen-bond donors (Lipinski definition) is 2. The summed E-state index contributed by atoms with van der Waals surface area (Å²) in [6.07, 6.45) is 1.51. The summed E-state index contributed by atoms with van der Waals surface area (Å²) >= 11 is 12.1. The van der Waals surface area contributed by atoms with Crippen molar-refractivity contribution in [1.82, 2.24) is 15.3 Å². The van der Waals surface area contributed by atoms with Gasteiger partial charge in [-0.1, -0.05) is 35.3 Å². The maximum Gasteiger partial charge on any atom is 0.341 e. The van der Waals surface area contributed by atoms with Gasteiger partial charge in [0.2, 0.25) is 0 Å². The molecule has 1 atom stereocenters. The Morgan fingerprint density at radius 2 is 2.05 bits per heavy atom. The van der Waals surface area contributed by atoms with Crippen molar-refractivity contribution in [3.8, 4) is 0 Å². The topological polar surface area (TPSA) is 55.8 Å². The fraction of sp³-hybridized carbons (Fsp3) is 0.533. The summed E-state index contributed by atoms with van der Waals surface area (Å²) in [5, 5.41) is 14.5. The first-order valence-electron chi connectivity index (χ1n) is 7.31. The van der Waals surface area contributed by atoms with Crippen LogP contribution in [0.5, 0.6) is 0 Å². The van der Waals surface area contributed by atoms with Crippen LogP contribution < -0.4 is 5.32 Å². The average Bonchev–Trinajstić information content (AvgIpc) is 2.50. The van der Waals surface area contributed by atoms with Crippen LogP contribution in [-0.4, -0.2) is 47.4 Å². The zero-order valence-corrected chi connectivity index (χ0v) is 14.2. The van der Waals surface area contributed by atoms with E-state index < -0.39 is 6.03 Å². The average molecular weight is 346 g/mol. The molecule has 0 unspecified atom stereocenters. The Hall–Kier alpha value is -1.01. The molecule has 0 aromatic heterocycles. The van der Waals surface area contributed by atoms with Gasteiger partial charge in [0.1, 0.15) is 0 Å². The minimum Gasteiger partial charge on any atom is -0.330 e. The number of rotatable bonds is 3. The third kappa shape index (κ3) is 4.04. The Bertz CT molecular complexity index is 534. The summed E-state index contributed by atoms with van der Waals surface area (Å²) < 4.78 is 0. The van der Waals surface area contributed by atoms with Crippen LogP contribution in [0.15, 0.2) is 18.2 Å². The number of benzene rings is 1. The van der Waals surface area contributed by atoms with Gasteiger partial charge in [-0.2, -0.15) is 0 Å². The Morgan fingerprint density at radius 1 is 1.41 bits per heavy atom. The van der Waals surface area contributed by atoms with Crippen molar-refractivity contribution in [2.45, 2.75) is 31.8 Å². The predicted molar refractivity (Wildman–Crippen MR) is 87.6 cm³/mol. The maximum absolute atomic E-state index is 12.2. The molecule has 1 aliphatic heterocycles. The van der Waals surface area contributed by atoms with Crippen LogP contribution in [0, 0.1) is 0 Å². The van der Waals surface area contributed by atoms with E-state index in [9.17, 15) is 10.0 Å². The molecule has 2 amide bonds. The number of amides is 2. The zero-order valence-electron chi connectivity index (χ0n) is 12.7. The highest BCUT2D eigenvalue weighted by Crippen LogP contribution is 2.29. The number of nitrogens with one attached hydrogen (secondary N) is 1. The highest BCUT2D eigenvalue weighted by Gasteiger charge is 2.27. The Kier molecular flexibility index (Phi) is 5.92. The number of urea groups is 1. The van der Waals surface area contributed by atoms with Crippen molar-refractivity contribution in [1.29, 1.82) is 0 Å². The molecule has 0 bridgehead atoms. The van der Waals surface area contributed by atoms with E-state index in [4.69, 9.17) is 23.2 Å². The van der Waals surface area contributed by atoms with Crippen molar-refractivity contribution in [3.05, 3.63) is 33.8 Å². The van der Waals surface area contributed by atoms with Crippen LogP contribution in [0.2, 0.25) is 10.0 Å². The number of carbonyl (C=O) groups excluding carboxylic acids is 1. The van der Waals surface area contributed by atoms with Crippen molar-refractivity contribution in [2.75, 3.05) is 20.1 Å². The van der Waals surface area contributed by atoms with Gasteiger partial charge in [-0.05, 0) is 51.5 Å². The van der Waals surface area contributed by atoms with Gasteiger partial charge in [0, 0.05) is 0 Å². The smallest absolute Gasteiger partial charge is 0.330 e. The molecule has 0 spiro atoms. The number of halogens is 2. The van der Waals surface area contributed by atoms with Crippen LogP contribution >= 0.6 is 23.2 Å². The molecule has 1 fully saturated rings. The molecule has 5 nitrogen and oxygen atoms in total. The van der Waals surface area contributed by atoms with E-state index in [1.165, 1.54) is 0 Å². The number of hydrogen-bond acceptors (Lipinski definition) is 3. The molecule has 1 aliphatic rings. The first-order chi connectivity index (χ1) is 10.4. The third-order valence-corrected chi connectivity index (χ3v) is 4.86. The summed E-state index contributed by atoms with van der Waals surface area (Å²) in [6, 6.07) is 4.26. The highest BCUT2D eigenvalue weighted by atomic mass is 35.5. The van der Waals surface area contributed by atoms with Gasteiger partial charge >= 0.3 is 6.03 Å². The molecule has 122 valence electrons. The minimum absolute atomic E-state index is 0.154. The van der Waals surface area contributed by atoms with Crippen LogP contribution in [0.1, 0.15) is 31.4 Å². The van der Waals surface area contributed by atoms with Gasteiger partial charge < -0.3 is 10.2 Å². The summed E-state index contributed by atoms with van der Waals surface area (Å²) in [4.78, 5) is 14.4. The van der Waals surface area contributed by atoms with Gasteiger partial charge in [0.25, 0.3) is 0 Å². The fourth-order valence-corrected chi connectivity index (χ4v) is 3.06. The van der Waals surface area contributed by atoms with Crippen LogP contribution in [-0.2, 0) is 0 Å². The van der Waals surface area contributed by atoms with E-state index in [0.717, 1.165) is 36.6 Å². The highest BCUT2D eigenvalue weighted by molar-refractivity contribution is 6.42. The molecule has 1 aromatic rings. The summed E-state index contributed by atoms with van der Waals surface area (Å²) in [7, 11) is 2.03. The predicted octanol–water partition coefficient (Wildman–Crippen LogP) is 3.55. The third-order valence-electron chi connectivity index (χ3n) is 4.03. The number of hydroxylamine groups is 2. The van der Waals surface area contributed by atoms with Gasteiger partial charge in [-0.25, -0.2) is 9.86 Å². The summed E-state index contributed by atoms with van der Waals surface area (Å²) in [5.41, 5.74) is 0.722. The molecule has 7 heteroatoms. The van der Waals surface area contributed by atoms with Gasteiger partial charge in [0.15, 0.2) is 0 Å². The minimum atomic E-state index is -0.516. The van der Waals surface area contributed by atoms with Crippen molar-refractivity contribution in [3.63, 3.8) is 0 Å². The lowest BCUT2D eigenvalue weighted by atomic mass is 10.1. The summed E-state index contributed by atoms with van der Waals surface area (Å²) in [5.74, 6) is 0. The van der Waals surface area contributed by atoms with Gasteiger partial charge in [0.05, 0.1) is 22.1 Å².